The summed E-state index contributed by atoms with van der Waals surface area (Å²) in [5, 5.41) is 10.3. The SMILES string of the molecule is CCCC/C(=C\C=O)C(O)C1CCCCC1. The zero-order valence-corrected chi connectivity index (χ0v) is 10.3. The van der Waals surface area contributed by atoms with Crippen molar-refractivity contribution >= 4 is 6.29 Å². The van der Waals surface area contributed by atoms with Gasteiger partial charge < -0.3 is 5.11 Å². The number of aliphatic hydroxyl groups is 1. The van der Waals surface area contributed by atoms with Gasteiger partial charge in [-0.15, -0.1) is 0 Å². The molecule has 1 N–H and O–H groups in total. The first kappa shape index (κ1) is 13.4. The van der Waals surface area contributed by atoms with E-state index in [1.165, 1.54) is 19.3 Å². The van der Waals surface area contributed by atoms with E-state index in [9.17, 15) is 9.90 Å². The van der Waals surface area contributed by atoms with Crippen molar-refractivity contribution in [2.45, 2.75) is 64.4 Å². The predicted octanol–water partition coefficient (Wildman–Crippen LogP) is 3.24. The topological polar surface area (TPSA) is 37.3 Å². The van der Waals surface area contributed by atoms with Crippen LogP contribution in [0.3, 0.4) is 0 Å². The van der Waals surface area contributed by atoms with Crippen molar-refractivity contribution in [2.24, 2.45) is 5.92 Å². The van der Waals surface area contributed by atoms with Gasteiger partial charge in [-0.05, 0) is 43.3 Å². The molecular formula is C14H24O2. The third-order valence-corrected chi connectivity index (χ3v) is 3.58. The summed E-state index contributed by atoms with van der Waals surface area (Å²) in [5.74, 6) is 0.386. The number of allylic oxidation sites excluding steroid dienone is 1. The second kappa shape index (κ2) is 7.61. The summed E-state index contributed by atoms with van der Waals surface area (Å²) in [6.45, 7) is 2.13. The van der Waals surface area contributed by atoms with Crippen LogP contribution in [0.15, 0.2) is 11.6 Å². The number of aldehydes is 1. The average molecular weight is 224 g/mol. The molecule has 1 unspecified atom stereocenters. The third kappa shape index (κ3) is 4.09. The molecule has 2 nitrogen and oxygen atoms in total. The molecular weight excluding hydrogens is 200 g/mol. The zero-order chi connectivity index (χ0) is 11.8. The molecule has 0 aromatic rings. The first-order chi connectivity index (χ1) is 7.79. The Hall–Kier alpha value is -0.630. The van der Waals surface area contributed by atoms with Crippen LogP contribution >= 0.6 is 0 Å². The quantitative estimate of drug-likeness (QED) is 0.555. The fourth-order valence-electron chi connectivity index (χ4n) is 2.55. The van der Waals surface area contributed by atoms with Gasteiger partial charge in [0.1, 0.15) is 6.29 Å². The molecule has 1 aliphatic carbocycles. The molecule has 0 spiro atoms. The average Bonchev–Trinajstić information content (AvgIpc) is 2.35. The molecule has 0 amide bonds. The number of aliphatic hydroxyl groups excluding tert-OH is 1. The Morgan fingerprint density at radius 3 is 2.62 bits per heavy atom. The van der Waals surface area contributed by atoms with Gasteiger partial charge in [-0.2, -0.15) is 0 Å². The van der Waals surface area contributed by atoms with E-state index in [4.69, 9.17) is 0 Å². The molecule has 1 fully saturated rings. The summed E-state index contributed by atoms with van der Waals surface area (Å²) in [7, 11) is 0. The molecule has 0 aliphatic heterocycles. The number of hydrogen-bond acceptors (Lipinski definition) is 2. The van der Waals surface area contributed by atoms with E-state index in [2.05, 4.69) is 6.92 Å². The molecule has 0 bridgehead atoms. The fraction of sp³-hybridized carbons (Fsp3) is 0.786. The van der Waals surface area contributed by atoms with Gasteiger partial charge in [0.25, 0.3) is 0 Å². The summed E-state index contributed by atoms with van der Waals surface area (Å²) in [4.78, 5) is 10.6. The van der Waals surface area contributed by atoms with Crippen molar-refractivity contribution in [3.63, 3.8) is 0 Å². The maximum absolute atomic E-state index is 10.6. The van der Waals surface area contributed by atoms with Gasteiger partial charge in [-0.1, -0.05) is 32.6 Å². The van der Waals surface area contributed by atoms with Crippen LogP contribution in [0.25, 0.3) is 0 Å². The molecule has 0 radical (unpaired) electrons. The molecule has 1 atom stereocenters. The molecule has 2 heteroatoms. The van der Waals surface area contributed by atoms with E-state index in [1.54, 1.807) is 6.08 Å². The first-order valence-electron chi connectivity index (χ1n) is 6.62. The number of carbonyl (C=O) groups excluding carboxylic acids is 1. The van der Waals surface area contributed by atoms with E-state index in [0.29, 0.717) is 5.92 Å². The van der Waals surface area contributed by atoms with Crippen molar-refractivity contribution in [3.05, 3.63) is 11.6 Å². The van der Waals surface area contributed by atoms with Crippen molar-refractivity contribution in [3.8, 4) is 0 Å². The van der Waals surface area contributed by atoms with Crippen molar-refractivity contribution < 1.29 is 9.90 Å². The Labute approximate surface area is 98.7 Å². The number of carbonyl (C=O) groups is 1. The highest BCUT2D eigenvalue weighted by molar-refractivity contribution is 5.66. The van der Waals surface area contributed by atoms with E-state index < -0.39 is 0 Å². The van der Waals surface area contributed by atoms with Gasteiger partial charge in [0.05, 0.1) is 6.10 Å². The van der Waals surface area contributed by atoms with Crippen LogP contribution in [0, 0.1) is 5.92 Å². The second-order valence-electron chi connectivity index (χ2n) is 4.82. The highest BCUT2D eigenvalue weighted by Crippen LogP contribution is 2.30. The summed E-state index contributed by atoms with van der Waals surface area (Å²) in [6.07, 6.45) is 11.0. The molecule has 0 saturated heterocycles. The zero-order valence-electron chi connectivity index (χ0n) is 10.3. The monoisotopic (exact) mass is 224 g/mol. The lowest BCUT2D eigenvalue weighted by Crippen LogP contribution is -2.25. The maximum Gasteiger partial charge on any atom is 0.142 e. The van der Waals surface area contributed by atoms with Crippen molar-refractivity contribution in [2.75, 3.05) is 0 Å². The van der Waals surface area contributed by atoms with E-state index >= 15 is 0 Å². The molecule has 0 aromatic heterocycles. The standard InChI is InChI=1S/C14H24O2/c1-2-3-7-13(10-11-15)14(16)12-8-5-4-6-9-12/h10-12,14,16H,2-9H2,1H3/b13-10+. The molecule has 1 aliphatic rings. The van der Waals surface area contributed by atoms with Gasteiger partial charge in [-0.3, -0.25) is 4.79 Å². The Balaban J connectivity index is 2.54. The maximum atomic E-state index is 10.6. The van der Waals surface area contributed by atoms with Gasteiger partial charge in [0.2, 0.25) is 0 Å². The molecule has 1 saturated carbocycles. The summed E-state index contributed by atoms with van der Waals surface area (Å²) in [6, 6.07) is 0. The van der Waals surface area contributed by atoms with Crippen LogP contribution in [0.1, 0.15) is 58.3 Å². The third-order valence-electron chi connectivity index (χ3n) is 3.58. The summed E-state index contributed by atoms with van der Waals surface area (Å²) in [5.41, 5.74) is 0.948. The largest absolute Gasteiger partial charge is 0.388 e. The molecule has 92 valence electrons. The number of hydrogen-bond donors (Lipinski definition) is 1. The molecule has 16 heavy (non-hydrogen) atoms. The second-order valence-corrected chi connectivity index (χ2v) is 4.82. The molecule has 0 heterocycles. The normalized spacial score (nSPS) is 20.8. The first-order valence-corrected chi connectivity index (χ1v) is 6.62. The van der Waals surface area contributed by atoms with Crippen LogP contribution < -0.4 is 0 Å². The highest BCUT2D eigenvalue weighted by atomic mass is 16.3. The van der Waals surface area contributed by atoms with Gasteiger partial charge in [0, 0.05) is 0 Å². The van der Waals surface area contributed by atoms with Gasteiger partial charge in [-0.25, -0.2) is 0 Å². The number of rotatable bonds is 6. The Bertz CT molecular complexity index is 227. The minimum absolute atomic E-state index is 0.378. The lowest BCUT2D eigenvalue weighted by Gasteiger charge is -2.28. The predicted molar refractivity (Wildman–Crippen MR) is 66.3 cm³/mol. The van der Waals surface area contributed by atoms with E-state index in [1.807, 2.05) is 0 Å². The molecule has 0 aromatic carbocycles. The summed E-state index contributed by atoms with van der Waals surface area (Å²) < 4.78 is 0. The molecule has 1 rings (SSSR count). The Morgan fingerprint density at radius 2 is 2.06 bits per heavy atom. The Kier molecular flexibility index (Phi) is 6.39. The Morgan fingerprint density at radius 1 is 1.38 bits per heavy atom. The van der Waals surface area contributed by atoms with Crippen LogP contribution in [-0.4, -0.2) is 17.5 Å². The van der Waals surface area contributed by atoms with Crippen LogP contribution in [0.5, 0.6) is 0 Å². The lowest BCUT2D eigenvalue weighted by molar-refractivity contribution is -0.104. The van der Waals surface area contributed by atoms with Gasteiger partial charge >= 0.3 is 0 Å². The fourth-order valence-corrected chi connectivity index (χ4v) is 2.55. The van der Waals surface area contributed by atoms with E-state index in [-0.39, 0.29) is 6.10 Å². The minimum Gasteiger partial charge on any atom is -0.388 e. The van der Waals surface area contributed by atoms with Crippen molar-refractivity contribution in [1.29, 1.82) is 0 Å². The smallest absolute Gasteiger partial charge is 0.142 e. The highest BCUT2D eigenvalue weighted by Gasteiger charge is 2.24. The van der Waals surface area contributed by atoms with E-state index in [0.717, 1.165) is 44.0 Å². The van der Waals surface area contributed by atoms with Crippen LogP contribution in [0.4, 0.5) is 0 Å². The number of unbranched alkanes of at least 4 members (excludes halogenated alkanes) is 1. The van der Waals surface area contributed by atoms with Crippen LogP contribution in [-0.2, 0) is 4.79 Å². The van der Waals surface area contributed by atoms with Crippen LogP contribution in [0.2, 0.25) is 0 Å². The van der Waals surface area contributed by atoms with Crippen molar-refractivity contribution in [1.82, 2.24) is 0 Å². The minimum atomic E-state index is -0.378. The summed E-state index contributed by atoms with van der Waals surface area (Å²) >= 11 is 0. The lowest BCUT2D eigenvalue weighted by atomic mass is 9.81. The van der Waals surface area contributed by atoms with Gasteiger partial charge in [0.15, 0.2) is 0 Å².